The van der Waals surface area contributed by atoms with Gasteiger partial charge in [0.1, 0.15) is 0 Å². The maximum absolute atomic E-state index is 5.80. The fourth-order valence-corrected chi connectivity index (χ4v) is 17.9. The molecule has 0 amide bonds. The van der Waals surface area contributed by atoms with E-state index in [0.717, 1.165) is 167 Å². The lowest BCUT2D eigenvalue weighted by atomic mass is 9.97. The molecule has 0 aliphatic heterocycles. The molecule has 0 saturated heterocycles. The Labute approximate surface area is 619 Å². The summed E-state index contributed by atoms with van der Waals surface area (Å²) in [6.07, 6.45) is 2.02. The molecule has 0 bridgehead atoms. The second-order valence-corrected chi connectivity index (χ2v) is 28.4. The molecule has 0 unspecified atom stereocenters. The quantitative estimate of drug-likeness (QED) is 0.137. The smallest absolute Gasteiger partial charge is 0.162 e. The summed E-state index contributed by atoms with van der Waals surface area (Å²) in [5, 5.41) is 14.1. The van der Waals surface area contributed by atoms with Crippen LogP contribution in [0.4, 0.5) is 0 Å². The van der Waals surface area contributed by atoms with E-state index in [9.17, 15) is 0 Å². The molecule has 8 nitrogen and oxygen atoms in total. The Kier molecular flexibility index (Phi) is 13.0. The zero-order valence-electron chi connectivity index (χ0n) is 58.4. The first-order valence-corrected chi connectivity index (χ1v) is 36.9. The average molecular weight is 1380 g/mol. The van der Waals surface area contributed by atoms with Gasteiger partial charge in [0.15, 0.2) is 5.82 Å². The van der Waals surface area contributed by atoms with Gasteiger partial charge < -0.3 is 22.8 Å². The lowest BCUT2D eigenvalue weighted by Gasteiger charge is -2.20. The predicted octanol–water partition coefficient (Wildman–Crippen LogP) is 25.7. The Hall–Kier alpha value is -14.6. The number of benzene rings is 15. The van der Waals surface area contributed by atoms with Crippen molar-refractivity contribution in [3.05, 3.63) is 376 Å². The van der Waals surface area contributed by atoms with E-state index in [2.05, 4.69) is 397 Å². The highest BCUT2D eigenvalue weighted by Gasteiger charge is 2.28. The molecule has 0 radical (unpaired) electrons. The SMILES string of the molecule is c1ccc(-c2cc(-c3ccc(-c4ccnc(-n5c6ccc(-n7c8ccccc8c8ccccc87)cc6c6cc(-n7c8ccccc8c8ccccc87)ccc65)c4-n4c5ccc(-n6c7ccccc7c7ccccc76)cc5c5cc(-n6c7ccccc7c7ccccc76)ccc54)cc3)cc(-c3ccccc3)n2)cc1. The van der Waals surface area contributed by atoms with Gasteiger partial charge in [-0.05, 0) is 156 Å². The molecule has 23 rings (SSSR count). The fourth-order valence-electron chi connectivity index (χ4n) is 17.9. The van der Waals surface area contributed by atoms with Crippen LogP contribution in [-0.4, -0.2) is 37.4 Å². The molecule has 8 heteroatoms. The standard InChI is InChI=1S/C100H62N8/c1-3-23-65(24-4-1)85-57-67(58-86(102-85)66-25-5-2-6-26-66)63-43-45-64(46-44-63)72-55-56-101-100(108-97-53-49-70(105-91-39-19-11-31-77(91)78-32-12-20-40-92(78)105)61-83(97)84-62-71(50-54-98(84)108)106-93-41-21-13-33-79(93)80-34-14-22-42-94(80)106)99(72)107-95-51-47-68(103-87-35-15-7-27-73(87)74-28-8-16-36-88(74)103)59-81(95)82-60-69(48-52-96(82)107)104-89-37-17-9-29-75(89)76-30-10-18-38-90(76)104/h1-62H. The van der Waals surface area contributed by atoms with E-state index >= 15 is 0 Å². The summed E-state index contributed by atoms with van der Waals surface area (Å²) in [6, 6.07) is 136. The maximum Gasteiger partial charge on any atom is 0.162 e. The van der Waals surface area contributed by atoms with Crippen LogP contribution in [0.1, 0.15) is 0 Å². The molecular weight excluding hydrogens is 1310 g/mol. The first-order valence-electron chi connectivity index (χ1n) is 36.9. The highest BCUT2D eigenvalue weighted by Crippen LogP contribution is 2.47. The summed E-state index contributed by atoms with van der Waals surface area (Å²) in [4.78, 5) is 11.1. The minimum atomic E-state index is 0.789. The second kappa shape index (κ2) is 23.5. The van der Waals surface area contributed by atoms with Gasteiger partial charge in [0.25, 0.3) is 0 Å². The van der Waals surface area contributed by atoms with Crippen molar-refractivity contribution in [1.29, 1.82) is 0 Å². The minimum absolute atomic E-state index is 0.789. The Morgan fingerprint density at radius 1 is 0.176 bits per heavy atom. The van der Waals surface area contributed by atoms with Crippen LogP contribution in [0.3, 0.4) is 0 Å². The summed E-state index contributed by atoms with van der Waals surface area (Å²) >= 11 is 0. The number of pyridine rings is 2. The van der Waals surface area contributed by atoms with Crippen LogP contribution in [-0.2, 0) is 0 Å². The van der Waals surface area contributed by atoms with E-state index in [-0.39, 0.29) is 0 Å². The van der Waals surface area contributed by atoms with Crippen molar-refractivity contribution in [2.75, 3.05) is 0 Å². The summed E-state index contributed by atoms with van der Waals surface area (Å²) in [6.45, 7) is 0. The second-order valence-electron chi connectivity index (χ2n) is 28.4. The molecule has 0 fully saturated rings. The molecule has 0 aliphatic rings. The van der Waals surface area contributed by atoms with E-state index in [1.165, 1.54) is 43.1 Å². The number of hydrogen-bond acceptors (Lipinski definition) is 2. The topological polar surface area (TPSA) is 55.4 Å². The van der Waals surface area contributed by atoms with Crippen molar-refractivity contribution < 1.29 is 0 Å². The molecule has 0 spiro atoms. The summed E-state index contributed by atoms with van der Waals surface area (Å²) in [5.74, 6) is 0.789. The zero-order chi connectivity index (χ0) is 70.7. The molecule has 23 aromatic rings. The van der Waals surface area contributed by atoms with Crippen molar-refractivity contribution in [2.24, 2.45) is 0 Å². The largest absolute Gasteiger partial charge is 0.309 e. The van der Waals surface area contributed by atoms with Gasteiger partial charge in [-0.25, -0.2) is 9.97 Å². The van der Waals surface area contributed by atoms with Crippen molar-refractivity contribution in [3.63, 3.8) is 0 Å². The van der Waals surface area contributed by atoms with Gasteiger partial charge in [-0.15, -0.1) is 0 Å². The number of fused-ring (bicyclic) bond motifs is 18. The third kappa shape index (κ3) is 8.92. The number of rotatable bonds is 10. The molecule has 0 atom stereocenters. The maximum atomic E-state index is 5.80. The number of para-hydroxylation sites is 8. The van der Waals surface area contributed by atoms with Crippen molar-refractivity contribution in [3.8, 4) is 79.0 Å². The van der Waals surface area contributed by atoms with E-state index in [1.54, 1.807) is 0 Å². The predicted molar refractivity (Wildman–Crippen MR) is 450 cm³/mol. The summed E-state index contributed by atoms with van der Waals surface area (Å²) < 4.78 is 14.7. The van der Waals surface area contributed by atoms with Gasteiger partial charge in [0.2, 0.25) is 0 Å². The lowest BCUT2D eigenvalue weighted by molar-refractivity contribution is 1.03. The monoisotopic (exact) mass is 1370 g/mol. The summed E-state index contributed by atoms with van der Waals surface area (Å²) in [5.41, 5.74) is 26.8. The van der Waals surface area contributed by atoms with Crippen molar-refractivity contribution in [2.45, 2.75) is 0 Å². The number of aromatic nitrogens is 8. The van der Waals surface area contributed by atoms with Crippen LogP contribution in [0.15, 0.2) is 376 Å². The first-order chi connectivity index (χ1) is 53.6. The first kappa shape index (κ1) is 59.9. The molecule has 15 aromatic carbocycles. The summed E-state index contributed by atoms with van der Waals surface area (Å²) in [7, 11) is 0. The van der Waals surface area contributed by atoms with Crippen molar-refractivity contribution in [1.82, 2.24) is 37.4 Å². The molecule has 0 saturated carbocycles. The van der Waals surface area contributed by atoms with Crippen LogP contribution in [0.2, 0.25) is 0 Å². The molecule has 8 heterocycles. The van der Waals surface area contributed by atoms with Crippen LogP contribution in [0.25, 0.3) is 210 Å². The number of nitrogens with zero attached hydrogens (tertiary/aromatic N) is 8. The van der Waals surface area contributed by atoms with Gasteiger partial charge in [-0.2, -0.15) is 0 Å². The van der Waals surface area contributed by atoms with E-state index in [1.807, 2.05) is 6.20 Å². The van der Waals surface area contributed by atoms with Crippen LogP contribution in [0.5, 0.6) is 0 Å². The van der Waals surface area contributed by atoms with E-state index in [4.69, 9.17) is 9.97 Å². The fraction of sp³-hybridized carbons (Fsp3) is 0. The molecule has 0 aliphatic carbocycles. The van der Waals surface area contributed by atoms with Gasteiger partial charge in [-0.3, -0.25) is 4.57 Å². The van der Waals surface area contributed by atoms with Crippen LogP contribution < -0.4 is 0 Å². The lowest BCUT2D eigenvalue weighted by Crippen LogP contribution is -2.08. The minimum Gasteiger partial charge on any atom is -0.309 e. The van der Waals surface area contributed by atoms with Crippen LogP contribution >= 0.6 is 0 Å². The average Bonchev–Trinajstić information content (AvgIpc) is 1.55. The van der Waals surface area contributed by atoms with E-state index in [0.29, 0.717) is 0 Å². The Balaban J connectivity index is 0.822. The molecule has 0 N–H and O–H groups in total. The third-order valence-corrected chi connectivity index (χ3v) is 22.7. The van der Waals surface area contributed by atoms with Gasteiger partial charge >= 0.3 is 0 Å². The Bertz CT molecular complexity index is 7060. The van der Waals surface area contributed by atoms with Gasteiger partial charge in [-0.1, -0.05) is 231 Å². The molecular formula is C100H62N8. The van der Waals surface area contributed by atoms with Gasteiger partial charge in [0, 0.05) is 110 Å². The highest BCUT2D eigenvalue weighted by molar-refractivity contribution is 6.18. The molecule has 502 valence electrons. The zero-order valence-corrected chi connectivity index (χ0v) is 58.4. The molecule has 108 heavy (non-hydrogen) atoms. The third-order valence-electron chi connectivity index (χ3n) is 22.7. The molecule has 8 aromatic heterocycles. The Morgan fingerprint density at radius 2 is 0.444 bits per heavy atom. The Morgan fingerprint density at radius 3 is 0.759 bits per heavy atom. The highest BCUT2D eigenvalue weighted by atomic mass is 15.1. The van der Waals surface area contributed by atoms with E-state index < -0.39 is 0 Å². The van der Waals surface area contributed by atoms with Crippen molar-refractivity contribution >= 4 is 131 Å². The van der Waals surface area contributed by atoms with Crippen LogP contribution in [0, 0.1) is 0 Å². The van der Waals surface area contributed by atoms with Gasteiger partial charge in [0.05, 0.1) is 83.3 Å². The normalized spacial score (nSPS) is 12.1. The number of hydrogen-bond donors (Lipinski definition) is 0.